The number of nitrogens with zero attached hydrogens (tertiary/aromatic N) is 1. The lowest BCUT2D eigenvalue weighted by Crippen LogP contribution is -2.64. The second-order valence-electron chi connectivity index (χ2n) is 16.5. The van der Waals surface area contributed by atoms with Crippen LogP contribution < -0.4 is 10.9 Å². The van der Waals surface area contributed by atoms with Gasteiger partial charge in [-0.2, -0.15) is 5.26 Å². The molecule has 226 valence electrons. The normalized spacial score (nSPS) is 46.2. The second kappa shape index (κ2) is 8.67. The predicted molar refractivity (Wildman–Crippen MR) is 158 cm³/mol. The van der Waals surface area contributed by atoms with Crippen molar-refractivity contribution in [3.05, 3.63) is 23.3 Å². The monoisotopic (exact) mass is 573 g/mol. The molecule has 2 N–H and O–H groups in total. The maximum atomic E-state index is 14.6. The number of hydrogen-bond donors (Lipinski definition) is 2. The van der Waals surface area contributed by atoms with Gasteiger partial charge in [0, 0.05) is 30.1 Å². The van der Waals surface area contributed by atoms with E-state index in [9.17, 15) is 24.4 Å². The van der Waals surface area contributed by atoms with Gasteiger partial charge in [-0.25, -0.2) is 0 Å². The molecule has 1 spiro atoms. The molecule has 3 unspecified atom stereocenters. The molecule has 7 heteroatoms. The highest BCUT2D eigenvalue weighted by Crippen LogP contribution is 2.85. The van der Waals surface area contributed by atoms with Crippen LogP contribution in [0.2, 0.25) is 0 Å². The highest BCUT2D eigenvalue weighted by molar-refractivity contribution is 6.08. The van der Waals surface area contributed by atoms with E-state index in [2.05, 4.69) is 51.5 Å². The molecule has 8 atom stereocenters. The van der Waals surface area contributed by atoms with Crippen molar-refractivity contribution in [2.75, 3.05) is 0 Å². The zero-order valence-corrected chi connectivity index (χ0v) is 26.5. The van der Waals surface area contributed by atoms with Crippen molar-refractivity contribution in [1.82, 2.24) is 10.9 Å². The number of nitriles is 1. The minimum atomic E-state index is -0.530. The second-order valence-corrected chi connectivity index (χ2v) is 16.5. The lowest BCUT2D eigenvalue weighted by molar-refractivity contribution is -0.172. The van der Waals surface area contributed by atoms with Gasteiger partial charge >= 0.3 is 0 Å². The van der Waals surface area contributed by atoms with Crippen molar-refractivity contribution in [2.24, 2.45) is 49.7 Å². The molecule has 6 rings (SSSR count). The summed E-state index contributed by atoms with van der Waals surface area (Å²) in [6.07, 6.45) is 12.5. The highest BCUT2D eigenvalue weighted by atomic mass is 16.2. The van der Waals surface area contributed by atoms with Gasteiger partial charge < -0.3 is 0 Å². The van der Waals surface area contributed by atoms with Crippen molar-refractivity contribution < 1.29 is 19.2 Å². The van der Waals surface area contributed by atoms with Crippen LogP contribution in [-0.4, -0.2) is 23.4 Å². The van der Waals surface area contributed by atoms with Crippen LogP contribution in [-0.2, 0) is 19.2 Å². The van der Waals surface area contributed by atoms with Crippen LogP contribution in [0.3, 0.4) is 0 Å². The minimum Gasteiger partial charge on any atom is -0.295 e. The predicted octanol–water partition coefficient (Wildman–Crippen LogP) is 5.91. The Hall–Kier alpha value is -2.75. The summed E-state index contributed by atoms with van der Waals surface area (Å²) in [4.78, 5) is 52.0. The van der Waals surface area contributed by atoms with Crippen LogP contribution in [0.5, 0.6) is 0 Å². The first-order valence-corrected chi connectivity index (χ1v) is 15.9. The molecular formula is C35H47N3O4. The fraction of sp³-hybridized carbons (Fsp3) is 0.743. The summed E-state index contributed by atoms with van der Waals surface area (Å²) in [6.45, 7) is 15.0. The van der Waals surface area contributed by atoms with E-state index in [0.29, 0.717) is 12.8 Å². The lowest BCUT2D eigenvalue weighted by Gasteiger charge is -2.69. The molecule has 0 bridgehead atoms. The van der Waals surface area contributed by atoms with Crippen LogP contribution in [0.15, 0.2) is 23.3 Å². The largest absolute Gasteiger partial charge is 0.295 e. The van der Waals surface area contributed by atoms with E-state index >= 15 is 0 Å². The summed E-state index contributed by atoms with van der Waals surface area (Å²) in [5.41, 5.74) is 4.62. The van der Waals surface area contributed by atoms with Gasteiger partial charge in [-0.15, -0.1) is 0 Å². The van der Waals surface area contributed by atoms with Crippen molar-refractivity contribution in [3.63, 3.8) is 0 Å². The third-order valence-electron chi connectivity index (χ3n) is 14.3. The average molecular weight is 574 g/mol. The number of hydrazine groups is 1. The highest BCUT2D eigenvalue weighted by Gasteiger charge is 2.81. The van der Waals surface area contributed by atoms with Crippen LogP contribution in [0, 0.1) is 61.1 Å². The molecule has 0 radical (unpaired) electrons. The Bertz CT molecular complexity index is 1420. The summed E-state index contributed by atoms with van der Waals surface area (Å²) in [7, 11) is 0. The van der Waals surface area contributed by atoms with Gasteiger partial charge in [-0.1, -0.05) is 47.6 Å². The Morgan fingerprint density at radius 3 is 2.31 bits per heavy atom. The number of carbonyl (C=O) groups excluding carboxylic acids is 4. The maximum absolute atomic E-state index is 14.6. The van der Waals surface area contributed by atoms with Crippen molar-refractivity contribution in [2.45, 2.75) is 113 Å². The molecule has 6 aliphatic rings. The molecule has 0 aliphatic heterocycles. The van der Waals surface area contributed by atoms with Gasteiger partial charge in [0.15, 0.2) is 11.6 Å². The first-order valence-electron chi connectivity index (χ1n) is 15.9. The molecular weight excluding hydrogens is 526 g/mol. The average Bonchev–Trinajstić information content (AvgIpc) is 3.56. The minimum absolute atomic E-state index is 0.0210. The van der Waals surface area contributed by atoms with Crippen molar-refractivity contribution in [3.8, 4) is 6.07 Å². The number of carbonyl (C=O) groups is 4. The zero-order valence-electron chi connectivity index (χ0n) is 26.5. The van der Waals surface area contributed by atoms with E-state index in [4.69, 9.17) is 0 Å². The van der Waals surface area contributed by atoms with E-state index in [1.54, 1.807) is 0 Å². The topological polar surface area (TPSA) is 116 Å². The molecule has 4 fully saturated rings. The van der Waals surface area contributed by atoms with Crippen LogP contribution >= 0.6 is 0 Å². The molecule has 0 aromatic carbocycles. The first-order chi connectivity index (χ1) is 19.4. The SMILES string of the molecule is CC(=O)NNC(=O)CCC12CCC(C)(C)CC1C1C(=O)C=C3[C@@]4(C)C=C(C#N)C(=O)[C@]5(C)C[C@]54CC[C@@]3(C)[C@]1(C)CC2. The molecule has 0 aromatic rings. The number of ketones is 2. The quantitative estimate of drug-likeness (QED) is 0.408. The Balaban J connectivity index is 1.41. The van der Waals surface area contributed by atoms with Crippen LogP contribution in [0.25, 0.3) is 0 Å². The molecule has 0 saturated heterocycles. The number of amides is 2. The van der Waals surface area contributed by atoms with E-state index in [0.717, 1.165) is 56.9 Å². The smallest absolute Gasteiger partial charge is 0.238 e. The van der Waals surface area contributed by atoms with E-state index in [-0.39, 0.29) is 67.9 Å². The number of allylic oxidation sites excluding steroid dienone is 4. The van der Waals surface area contributed by atoms with E-state index in [1.165, 1.54) is 6.92 Å². The fourth-order valence-electron chi connectivity index (χ4n) is 11.5. The third kappa shape index (κ3) is 3.50. The molecule has 4 saturated carbocycles. The zero-order chi connectivity index (χ0) is 30.7. The third-order valence-corrected chi connectivity index (χ3v) is 14.3. The van der Waals surface area contributed by atoms with Gasteiger partial charge in [-0.3, -0.25) is 30.0 Å². The number of rotatable bonds is 3. The molecule has 0 heterocycles. The van der Waals surface area contributed by atoms with Crippen molar-refractivity contribution >= 4 is 23.4 Å². The lowest BCUT2D eigenvalue weighted by atomic mass is 9.34. The van der Waals surface area contributed by atoms with Gasteiger partial charge in [0.2, 0.25) is 11.8 Å². The number of hydrogen-bond acceptors (Lipinski definition) is 5. The Morgan fingerprint density at radius 1 is 0.952 bits per heavy atom. The standard InChI is InChI=1S/C35H47N3O4/c1-21(39)37-38-26(41)8-9-34-13-10-29(2,3)18-23(34)27-24(40)16-25-30(4,31(27,5)11-14-34)12-15-35-20-33(35,7)28(42)22(19-36)17-32(25,35)6/h16-17,23,27H,8-15,18,20H2,1-7H3,(H,37,39)(H,38,41)/t23?,27?,30-,31-,32-,33+,34?,35+/m1/s1. The number of nitrogens with one attached hydrogen (secondary N) is 2. The van der Waals surface area contributed by atoms with E-state index < -0.39 is 10.8 Å². The van der Waals surface area contributed by atoms with Gasteiger partial charge in [0.1, 0.15) is 6.07 Å². The van der Waals surface area contributed by atoms with E-state index in [1.807, 2.05) is 19.1 Å². The Labute approximate surface area is 250 Å². The van der Waals surface area contributed by atoms with Gasteiger partial charge in [-0.05, 0) is 102 Å². The summed E-state index contributed by atoms with van der Waals surface area (Å²) >= 11 is 0. The summed E-state index contributed by atoms with van der Waals surface area (Å²) in [5.74, 6) is -0.277. The number of Topliss-reactive ketones (excluding diaryl/α,β-unsaturated/α-hetero) is 1. The molecule has 42 heavy (non-hydrogen) atoms. The van der Waals surface area contributed by atoms with Crippen LogP contribution in [0.1, 0.15) is 113 Å². The van der Waals surface area contributed by atoms with Gasteiger partial charge in [0.25, 0.3) is 0 Å². The Kier molecular flexibility index (Phi) is 6.05. The van der Waals surface area contributed by atoms with Crippen molar-refractivity contribution in [1.29, 1.82) is 5.26 Å². The Morgan fingerprint density at radius 2 is 1.64 bits per heavy atom. The molecule has 7 nitrogen and oxygen atoms in total. The molecule has 2 amide bonds. The first kappa shape index (κ1) is 29.3. The number of fused-ring (bicyclic) bond motifs is 6. The van der Waals surface area contributed by atoms with Crippen LogP contribution in [0.4, 0.5) is 0 Å². The summed E-state index contributed by atoms with van der Waals surface area (Å²) in [6, 6.07) is 2.21. The molecule has 0 aromatic heterocycles. The summed E-state index contributed by atoms with van der Waals surface area (Å²) in [5, 5.41) is 9.95. The fourth-order valence-corrected chi connectivity index (χ4v) is 11.5. The van der Waals surface area contributed by atoms with Gasteiger partial charge in [0.05, 0.1) is 5.57 Å². The molecule has 6 aliphatic carbocycles. The maximum Gasteiger partial charge on any atom is 0.238 e. The summed E-state index contributed by atoms with van der Waals surface area (Å²) < 4.78 is 0.